The Morgan fingerprint density at radius 1 is 1.00 bits per heavy atom. The summed E-state index contributed by atoms with van der Waals surface area (Å²) in [5, 5.41) is 0. The van der Waals surface area contributed by atoms with Crippen LogP contribution in [0.4, 0.5) is 0 Å². The number of hydrogen-bond donors (Lipinski definition) is 1. The molecule has 0 aromatic heterocycles. The van der Waals surface area contributed by atoms with E-state index in [1.807, 2.05) is 25.2 Å². The Morgan fingerprint density at radius 2 is 1.73 bits per heavy atom. The van der Waals surface area contributed by atoms with Crippen LogP contribution in [-0.4, -0.2) is 17.9 Å². The van der Waals surface area contributed by atoms with E-state index in [9.17, 15) is 14.4 Å². The molecule has 0 atom stereocenters. The van der Waals surface area contributed by atoms with Crippen molar-refractivity contribution in [3.63, 3.8) is 0 Å². The Balaban J connectivity index is 2.38. The third-order valence-corrected chi connectivity index (χ3v) is 3.54. The third kappa shape index (κ3) is 3.23. The molecule has 22 heavy (non-hydrogen) atoms. The van der Waals surface area contributed by atoms with Gasteiger partial charge < -0.3 is 0 Å². The fourth-order valence-corrected chi connectivity index (χ4v) is 2.30. The molecule has 0 saturated carbocycles. The Hall–Kier alpha value is -2.46. The topological polar surface area (TPSA) is 51.2 Å². The van der Waals surface area contributed by atoms with Crippen molar-refractivity contribution in [1.29, 1.82) is 0 Å². The van der Waals surface area contributed by atoms with Gasteiger partial charge in [0, 0.05) is 27.2 Å². The average Bonchev–Trinajstić information content (AvgIpc) is 2.51. The van der Waals surface area contributed by atoms with Crippen LogP contribution in [0, 0.1) is 0 Å². The summed E-state index contributed by atoms with van der Waals surface area (Å²) in [5.74, 6) is -0.541. The van der Waals surface area contributed by atoms with Gasteiger partial charge in [-0.05, 0) is 25.1 Å². The standard InChI is InChI=1S/C18H14O3S/c1-2-3-4-5-6-7-12-9-16(20)14-10-17(22)13(11-19)8-15(14)18(12)21/h2-11,22H,1H3/b3-2+,5-4+,7-6+. The van der Waals surface area contributed by atoms with Crippen molar-refractivity contribution in [1.82, 2.24) is 0 Å². The fraction of sp³-hybridized carbons (Fsp3) is 0.0556. The normalized spacial score (nSPS) is 14.9. The minimum atomic E-state index is -0.276. The summed E-state index contributed by atoms with van der Waals surface area (Å²) in [5.41, 5.74) is 1.11. The first kappa shape index (κ1) is 15.9. The van der Waals surface area contributed by atoms with Crippen LogP contribution in [0.15, 0.2) is 65.1 Å². The highest BCUT2D eigenvalue weighted by Crippen LogP contribution is 2.26. The van der Waals surface area contributed by atoms with Gasteiger partial charge in [0.2, 0.25) is 0 Å². The van der Waals surface area contributed by atoms with Gasteiger partial charge >= 0.3 is 0 Å². The van der Waals surface area contributed by atoms with E-state index < -0.39 is 0 Å². The van der Waals surface area contributed by atoms with Crippen LogP contribution in [0.2, 0.25) is 0 Å². The molecule has 0 fully saturated rings. The van der Waals surface area contributed by atoms with E-state index in [0.717, 1.165) is 0 Å². The van der Waals surface area contributed by atoms with Gasteiger partial charge in [0.1, 0.15) is 0 Å². The Bertz CT molecular complexity index is 765. The molecule has 110 valence electrons. The molecule has 0 unspecified atom stereocenters. The number of rotatable bonds is 4. The van der Waals surface area contributed by atoms with Gasteiger partial charge in [-0.2, -0.15) is 0 Å². The molecule has 0 N–H and O–H groups in total. The second kappa shape index (κ2) is 7.00. The van der Waals surface area contributed by atoms with Gasteiger partial charge in [-0.3, -0.25) is 14.4 Å². The van der Waals surface area contributed by atoms with E-state index in [1.165, 1.54) is 18.2 Å². The second-order valence-corrected chi connectivity index (χ2v) is 5.12. The zero-order valence-electron chi connectivity index (χ0n) is 11.9. The molecule has 0 saturated heterocycles. The highest BCUT2D eigenvalue weighted by molar-refractivity contribution is 7.80. The SMILES string of the molecule is C/C=C/C=C/C=C/C1=CC(=O)c2cc(S)c(C=O)cc2C1=O. The molecule has 0 radical (unpaired) electrons. The molecule has 0 aliphatic heterocycles. The number of fused-ring (bicyclic) bond motifs is 1. The van der Waals surface area contributed by atoms with E-state index in [2.05, 4.69) is 12.6 Å². The van der Waals surface area contributed by atoms with Crippen LogP contribution in [-0.2, 0) is 0 Å². The summed E-state index contributed by atoms with van der Waals surface area (Å²) in [6.07, 6.45) is 12.5. The highest BCUT2D eigenvalue weighted by atomic mass is 32.1. The first-order valence-electron chi connectivity index (χ1n) is 6.67. The lowest BCUT2D eigenvalue weighted by molar-refractivity contribution is 0.0986. The largest absolute Gasteiger partial charge is 0.298 e. The molecule has 0 amide bonds. The molecule has 0 heterocycles. The zero-order chi connectivity index (χ0) is 16.1. The smallest absolute Gasteiger partial charge is 0.193 e. The van der Waals surface area contributed by atoms with Crippen molar-refractivity contribution >= 4 is 30.5 Å². The number of ketones is 2. The number of allylic oxidation sites excluding steroid dienone is 8. The van der Waals surface area contributed by atoms with E-state index in [4.69, 9.17) is 0 Å². The van der Waals surface area contributed by atoms with Gasteiger partial charge in [-0.1, -0.05) is 36.5 Å². The van der Waals surface area contributed by atoms with Crippen molar-refractivity contribution in [3.8, 4) is 0 Å². The number of carbonyl (C=O) groups excluding carboxylic acids is 3. The lowest BCUT2D eigenvalue weighted by atomic mass is 9.88. The molecule has 1 aromatic carbocycles. The Labute approximate surface area is 134 Å². The summed E-state index contributed by atoms with van der Waals surface area (Å²) in [7, 11) is 0. The van der Waals surface area contributed by atoms with Gasteiger partial charge in [0.15, 0.2) is 17.9 Å². The first-order valence-corrected chi connectivity index (χ1v) is 7.12. The quantitative estimate of drug-likeness (QED) is 0.523. The number of carbonyl (C=O) groups is 3. The Kier molecular flexibility index (Phi) is 5.07. The maximum absolute atomic E-state index is 12.4. The van der Waals surface area contributed by atoms with Crippen LogP contribution in [0.25, 0.3) is 0 Å². The van der Waals surface area contributed by atoms with Crippen molar-refractivity contribution in [2.45, 2.75) is 11.8 Å². The van der Waals surface area contributed by atoms with Gasteiger partial charge in [0.05, 0.1) is 0 Å². The van der Waals surface area contributed by atoms with Crippen molar-refractivity contribution < 1.29 is 14.4 Å². The van der Waals surface area contributed by atoms with E-state index >= 15 is 0 Å². The number of hydrogen-bond acceptors (Lipinski definition) is 4. The fourth-order valence-electron chi connectivity index (χ4n) is 2.05. The maximum Gasteiger partial charge on any atom is 0.193 e. The molecule has 1 aromatic rings. The van der Waals surface area contributed by atoms with E-state index in [-0.39, 0.29) is 22.7 Å². The van der Waals surface area contributed by atoms with Crippen LogP contribution in [0.5, 0.6) is 0 Å². The molecular formula is C18H14O3S. The van der Waals surface area contributed by atoms with Crippen molar-refractivity contribution in [2.75, 3.05) is 0 Å². The molecule has 0 spiro atoms. The molecular weight excluding hydrogens is 296 g/mol. The monoisotopic (exact) mass is 310 g/mol. The van der Waals surface area contributed by atoms with E-state index in [1.54, 1.807) is 18.2 Å². The Morgan fingerprint density at radius 3 is 2.41 bits per heavy atom. The number of benzene rings is 1. The first-order chi connectivity index (χ1) is 10.6. The number of aldehydes is 1. The maximum atomic E-state index is 12.4. The highest BCUT2D eigenvalue weighted by Gasteiger charge is 2.25. The van der Waals surface area contributed by atoms with Gasteiger partial charge in [-0.25, -0.2) is 0 Å². The van der Waals surface area contributed by atoms with Crippen LogP contribution < -0.4 is 0 Å². The molecule has 3 nitrogen and oxygen atoms in total. The summed E-state index contributed by atoms with van der Waals surface area (Å²) >= 11 is 4.15. The van der Waals surface area contributed by atoms with Crippen molar-refractivity contribution in [2.24, 2.45) is 0 Å². The molecule has 0 bridgehead atoms. The minimum Gasteiger partial charge on any atom is -0.298 e. The predicted molar refractivity (Wildman–Crippen MR) is 88.9 cm³/mol. The number of thiol groups is 1. The minimum absolute atomic E-state index is 0.240. The third-order valence-electron chi connectivity index (χ3n) is 3.15. The molecule has 1 aliphatic carbocycles. The zero-order valence-corrected chi connectivity index (χ0v) is 12.8. The predicted octanol–water partition coefficient (Wildman–Crippen LogP) is 3.78. The molecule has 2 rings (SSSR count). The number of Topliss-reactive ketones (excluding diaryl/α,β-unsaturated/α-hetero) is 1. The lowest BCUT2D eigenvalue weighted by Gasteiger charge is -2.14. The lowest BCUT2D eigenvalue weighted by Crippen LogP contribution is -2.16. The van der Waals surface area contributed by atoms with Gasteiger partial charge in [0.25, 0.3) is 0 Å². The van der Waals surface area contributed by atoms with Crippen molar-refractivity contribution in [3.05, 3.63) is 76.9 Å². The summed E-state index contributed by atoms with van der Waals surface area (Å²) in [6, 6.07) is 2.88. The molecule has 1 aliphatic rings. The molecule has 4 heteroatoms. The second-order valence-electron chi connectivity index (χ2n) is 4.64. The van der Waals surface area contributed by atoms with Crippen LogP contribution >= 0.6 is 12.6 Å². The average molecular weight is 310 g/mol. The summed E-state index contributed by atoms with van der Waals surface area (Å²) in [6.45, 7) is 1.90. The summed E-state index contributed by atoms with van der Waals surface area (Å²) < 4.78 is 0. The van der Waals surface area contributed by atoms with Crippen LogP contribution in [0.3, 0.4) is 0 Å². The van der Waals surface area contributed by atoms with Gasteiger partial charge in [-0.15, -0.1) is 12.6 Å². The summed E-state index contributed by atoms with van der Waals surface area (Å²) in [4.78, 5) is 35.9. The van der Waals surface area contributed by atoms with E-state index in [0.29, 0.717) is 22.3 Å². The van der Waals surface area contributed by atoms with Crippen LogP contribution in [0.1, 0.15) is 38.0 Å².